The highest BCUT2D eigenvalue weighted by molar-refractivity contribution is 5.20. The van der Waals surface area contributed by atoms with Gasteiger partial charge in [-0.3, -0.25) is 4.98 Å². The van der Waals surface area contributed by atoms with Crippen LogP contribution in [0.3, 0.4) is 0 Å². The molecule has 0 amide bonds. The van der Waals surface area contributed by atoms with E-state index in [1.54, 1.807) is 6.20 Å². The quantitative estimate of drug-likeness (QED) is 0.659. The predicted molar refractivity (Wildman–Crippen MR) is 45.2 cm³/mol. The first-order valence-corrected chi connectivity index (χ1v) is 4.15. The molecule has 1 saturated carbocycles. The van der Waals surface area contributed by atoms with Crippen LogP contribution < -0.4 is 0 Å². The molecule has 0 spiro atoms. The fourth-order valence-electron chi connectivity index (χ4n) is 1.37. The topological polar surface area (TPSA) is 36.7 Å². The van der Waals surface area contributed by atoms with Crippen molar-refractivity contribution in [3.8, 4) is 6.07 Å². The lowest BCUT2D eigenvalue weighted by molar-refractivity contribution is 0.663. The second-order valence-electron chi connectivity index (χ2n) is 3.43. The predicted octanol–water partition coefficient (Wildman–Crippen LogP) is 1.93. The van der Waals surface area contributed by atoms with E-state index < -0.39 is 0 Å². The Morgan fingerprint density at radius 2 is 2.42 bits per heavy atom. The molecule has 0 unspecified atom stereocenters. The lowest BCUT2D eigenvalue weighted by Crippen LogP contribution is -2.01. The first-order chi connectivity index (χ1) is 5.85. The smallest absolute Gasteiger partial charge is 0.0693 e. The van der Waals surface area contributed by atoms with Gasteiger partial charge in [-0.2, -0.15) is 5.26 Å². The number of hydrogen-bond donors (Lipinski definition) is 0. The van der Waals surface area contributed by atoms with Crippen LogP contribution in [0.4, 0.5) is 0 Å². The highest BCUT2D eigenvalue weighted by Gasteiger charge is 2.42. The van der Waals surface area contributed by atoms with Gasteiger partial charge in [-0.15, -0.1) is 0 Å². The minimum absolute atomic E-state index is 0.0387. The first kappa shape index (κ1) is 7.30. The maximum atomic E-state index is 8.85. The molecule has 1 aliphatic carbocycles. The summed E-state index contributed by atoms with van der Waals surface area (Å²) in [7, 11) is 0. The van der Waals surface area contributed by atoms with E-state index in [1.165, 1.54) is 5.56 Å². The van der Waals surface area contributed by atoms with Crippen LogP contribution in [-0.2, 0) is 6.42 Å². The Kier molecular flexibility index (Phi) is 1.58. The van der Waals surface area contributed by atoms with Gasteiger partial charge in [-0.25, -0.2) is 0 Å². The summed E-state index contributed by atoms with van der Waals surface area (Å²) in [5, 5.41) is 8.85. The molecule has 0 saturated heterocycles. The maximum absolute atomic E-state index is 8.85. The summed E-state index contributed by atoms with van der Waals surface area (Å²) in [6.07, 6.45) is 6.58. The van der Waals surface area contributed by atoms with Crippen LogP contribution in [0.5, 0.6) is 0 Å². The summed E-state index contributed by atoms with van der Waals surface area (Å²) in [5.41, 5.74) is 1.14. The van der Waals surface area contributed by atoms with Gasteiger partial charge >= 0.3 is 0 Å². The van der Waals surface area contributed by atoms with Crippen molar-refractivity contribution in [1.29, 1.82) is 5.26 Å². The Morgan fingerprint density at radius 1 is 1.58 bits per heavy atom. The second kappa shape index (κ2) is 2.60. The van der Waals surface area contributed by atoms with Gasteiger partial charge in [0.2, 0.25) is 0 Å². The van der Waals surface area contributed by atoms with Crippen molar-refractivity contribution in [2.45, 2.75) is 19.3 Å². The molecule has 2 nitrogen and oxygen atoms in total. The molecule has 1 aromatic heterocycles. The monoisotopic (exact) mass is 158 g/mol. The molecule has 2 heteroatoms. The van der Waals surface area contributed by atoms with E-state index in [4.69, 9.17) is 5.26 Å². The van der Waals surface area contributed by atoms with Gasteiger partial charge < -0.3 is 0 Å². The van der Waals surface area contributed by atoms with Crippen LogP contribution >= 0.6 is 0 Å². The highest BCUT2D eigenvalue weighted by Crippen LogP contribution is 2.47. The molecule has 0 aliphatic heterocycles. The van der Waals surface area contributed by atoms with E-state index in [1.807, 2.05) is 18.3 Å². The fraction of sp³-hybridized carbons (Fsp3) is 0.400. The van der Waals surface area contributed by atoms with Crippen LogP contribution in [-0.4, -0.2) is 4.98 Å². The zero-order valence-corrected chi connectivity index (χ0v) is 6.83. The molecule has 1 aliphatic rings. The van der Waals surface area contributed by atoms with E-state index in [-0.39, 0.29) is 5.41 Å². The van der Waals surface area contributed by atoms with Crippen molar-refractivity contribution in [3.63, 3.8) is 0 Å². The molecule has 1 aromatic rings. The average molecular weight is 158 g/mol. The fourth-order valence-corrected chi connectivity index (χ4v) is 1.37. The summed E-state index contributed by atoms with van der Waals surface area (Å²) < 4.78 is 0. The Balaban J connectivity index is 2.11. The van der Waals surface area contributed by atoms with Crippen LogP contribution in [0.25, 0.3) is 0 Å². The Bertz CT molecular complexity index is 306. The molecule has 60 valence electrons. The molecule has 0 bridgehead atoms. The van der Waals surface area contributed by atoms with Crippen molar-refractivity contribution in [2.24, 2.45) is 5.41 Å². The van der Waals surface area contributed by atoms with Crippen molar-refractivity contribution in [3.05, 3.63) is 30.1 Å². The summed E-state index contributed by atoms with van der Waals surface area (Å²) in [6, 6.07) is 6.32. The van der Waals surface area contributed by atoms with Crippen LogP contribution in [0.15, 0.2) is 24.5 Å². The molecule has 12 heavy (non-hydrogen) atoms. The van der Waals surface area contributed by atoms with Gasteiger partial charge in [0.1, 0.15) is 0 Å². The summed E-state index contributed by atoms with van der Waals surface area (Å²) >= 11 is 0. The average Bonchev–Trinajstić information content (AvgIpc) is 2.88. The number of hydrogen-bond acceptors (Lipinski definition) is 2. The summed E-state index contributed by atoms with van der Waals surface area (Å²) in [6.45, 7) is 0. The van der Waals surface area contributed by atoms with Gasteiger partial charge in [0, 0.05) is 12.4 Å². The third-order valence-corrected chi connectivity index (χ3v) is 2.36. The van der Waals surface area contributed by atoms with Crippen molar-refractivity contribution < 1.29 is 0 Å². The number of rotatable bonds is 2. The van der Waals surface area contributed by atoms with Gasteiger partial charge in [-0.05, 0) is 30.9 Å². The molecular weight excluding hydrogens is 148 g/mol. The standard InChI is InChI=1S/C10H10N2/c11-8-10(3-4-10)6-9-2-1-5-12-7-9/h1-2,5,7H,3-4,6H2. The maximum Gasteiger partial charge on any atom is 0.0693 e. The van der Waals surface area contributed by atoms with E-state index >= 15 is 0 Å². The molecule has 1 fully saturated rings. The van der Waals surface area contributed by atoms with Crippen molar-refractivity contribution in [2.75, 3.05) is 0 Å². The Hall–Kier alpha value is -1.36. The van der Waals surface area contributed by atoms with Gasteiger partial charge in [0.15, 0.2) is 0 Å². The third kappa shape index (κ3) is 1.31. The van der Waals surface area contributed by atoms with Crippen LogP contribution in [0.1, 0.15) is 18.4 Å². The van der Waals surface area contributed by atoms with Crippen LogP contribution in [0, 0.1) is 16.7 Å². The largest absolute Gasteiger partial charge is 0.264 e. The zero-order chi connectivity index (χ0) is 8.44. The lowest BCUT2D eigenvalue weighted by atomic mass is 10.00. The number of pyridine rings is 1. The minimum Gasteiger partial charge on any atom is -0.264 e. The van der Waals surface area contributed by atoms with Gasteiger partial charge in [-0.1, -0.05) is 6.07 Å². The van der Waals surface area contributed by atoms with E-state index in [2.05, 4.69) is 11.1 Å². The first-order valence-electron chi connectivity index (χ1n) is 4.15. The van der Waals surface area contributed by atoms with Gasteiger partial charge in [0.05, 0.1) is 11.5 Å². The number of aromatic nitrogens is 1. The zero-order valence-electron chi connectivity index (χ0n) is 6.83. The van der Waals surface area contributed by atoms with Crippen molar-refractivity contribution in [1.82, 2.24) is 4.98 Å². The number of nitrogens with zero attached hydrogens (tertiary/aromatic N) is 2. The van der Waals surface area contributed by atoms with Crippen molar-refractivity contribution >= 4 is 0 Å². The molecule has 0 aromatic carbocycles. The lowest BCUT2D eigenvalue weighted by Gasteiger charge is -2.03. The molecular formula is C10H10N2. The van der Waals surface area contributed by atoms with E-state index in [0.717, 1.165) is 19.3 Å². The van der Waals surface area contributed by atoms with Gasteiger partial charge in [0.25, 0.3) is 0 Å². The molecule has 1 heterocycles. The van der Waals surface area contributed by atoms with Crippen LogP contribution in [0.2, 0.25) is 0 Å². The third-order valence-electron chi connectivity index (χ3n) is 2.36. The number of nitriles is 1. The Labute approximate surface area is 71.9 Å². The van der Waals surface area contributed by atoms with E-state index in [0.29, 0.717) is 0 Å². The van der Waals surface area contributed by atoms with E-state index in [9.17, 15) is 0 Å². The highest BCUT2D eigenvalue weighted by atomic mass is 14.6. The normalized spacial score (nSPS) is 18.2. The Morgan fingerprint density at radius 3 is 2.92 bits per heavy atom. The minimum atomic E-state index is -0.0387. The SMILES string of the molecule is N#CC1(Cc2cccnc2)CC1. The molecule has 0 N–H and O–H groups in total. The summed E-state index contributed by atoms with van der Waals surface area (Å²) in [5.74, 6) is 0. The molecule has 2 rings (SSSR count). The molecule has 0 atom stereocenters. The summed E-state index contributed by atoms with van der Waals surface area (Å²) in [4.78, 5) is 4.02. The second-order valence-corrected chi connectivity index (χ2v) is 3.43. The molecule has 0 radical (unpaired) electrons.